The van der Waals surface area contributed by atoms with Gasteiger partial charge < -0.3 is 5.73 Å². The Hall–Kier alpha value is -1.68. The summed E-state index contributed by atoms with van der Waals surface area (Å²) < 4.78 is 0. The van der Waals surface area contributed by atoms with E-state index in [9.17, 15) is 0 Å². The second kappa shape index (κ2) is 4.23. The predicted octanol–water partition coefficient (Wildman–Crippen LogP) is 1.70. The number of nitrogens with two attached hydrogens (primary N) is 1. The van der Waals surface area contributed by atoms with E-state index in [0.717, 1.165) is 5.69 Å². The Balaban J connectivity index is 2.29. The third-order valence-electron chi connectivity index (χ3n) is 1.96. The van der Waals surface area contributed by atoms with Crippen LogP contribution in [0.1, 0.15) is 11.4 Å². The van der Waals surface area contributed by atoms with Crippen LogP contribution >= 0.6 is 11.6 Å². The molecule has 2 rings (SSSR count). The number of rotatable bonds is 2. The number of halogens is 1. The summed E-state index contributed by atoms with van der Waals surface area (Å²) in [5.74, 6) is 0.303. The molecule has 2 N–H and O–H groups in total. The number of nitrogen functional groups attached to an aromatic ring is 1. The molecule has 0 aromatic carbocycles. The lowest BCUT2D eigenvalue weighted by molar-refractivity contribution is 0.990. The van der Waals surface area contributed by atoms with Gasteiger partial charge in [0.25, 0.3) is 0 Å². The first-order valence-corrected chi connectivity index (χ1v) is 4.80. The SMILES string of the molecule is Nc1ncnc(Cc2ccccn2)c1Cl. The van der Waals surface area contributed by atoms with Gasteiger partial charge in [-0.25, -0.2) is 9.97 Å². The normalized spacial score (nSPS) is 10.2. The minimum atomic E-state index is 0.303. The molecule has 0 unspecified atom stereocenters. The van der Waals surface area contributed by atoms with Crippen molar-refractivity contribution in [2.75, 3.05) is 5.73 Å². The molecule has 0 bridgehead atoms. The molecule has 0 amide bonds. The van der Waals surface area contributed by atoms with Gasteiger partial charge in [-0.15, -0.1) is 0 Å². The van der Waals surface area contributed by atoms with Crippen molar-refractivity contribution in [1.29, 1.82) is 0 Å². The minimum absolute atomic E-state index is 0.303. The summed E-state index contributed by atoms with van der Waals surface area (Å²) in [5.41, 5.74) is 7.17. The molecule has 0 radical (unpaired) electrons. The number of nitrogens with zero attached hydrogens (tertiary/aromatic N) is 3. The molecule has 0 spiro atoms. The average Bonchev–Trinajstić information content (AvgIpc) is 2.26. The van der Waals surface area contributed by atoms with Crippen LogP contribution in [0, 0.1) is 0 Å². The largest absolute Gasteiger partial charge is 0.382 e. The van der Waals surface area contributed by atoms with Gasteiger partial charge in [0, 0.05) is 18.3 Å². The van der Waals surface area contributed by atoms with Gasteiger partial charge in [0.15, 0.2) is 0 Å². The van der Waals surface area contributed by atoms with Crippen molar-refractivity contribution in [3.63, 3.8) is 0 Å². The number of anilines is 1. The van der Waals surface area contributed by atoms with E-state index >= 15 is 0 Å². The maximum atomic E-state index is 5.97. The second-order valence-corrected chi connectivity index (χ2v) is 3.40. The summed E-state index contributed by atoms with van der Waals surface area (Å²) in [6, 6.07) is 5.69. The predicted molar refractivity (Wildman–Crippen MR) is 58.5 cm³/mol. The maximum absolute atomic E-state index is 5.97. The fourth-order valence-electron chi connectivity index (χ4n) is 1.22. The molecule has 76 valence electrons. The lowest BCUT2D eigenvalue weighted by atomic mass is 10.2. The van der Waals surface area contributed by atoms with Crippen LogP contribution in [0.5, 0.6) is 0 Å². The van der Waals surface area contributed by atoms with Gasteiger partial charge in [0.1, 0.15) is 17.2 Å². The van der Waals surface area contributed by atoms with E-state index in [1.165, 1.54) is 6.33 Å². The van der Waals surface area contributed by atoms with Crippen LogP contribution in [0.25, 0.3) is 0 Å². The van der Waals surface area contributed by atoms with Crippen molar-refractivity contribution < 1.29 is 0 Å². The van der Waals surface area contributed by atoms with Crippen LogP contribution in [-0.2, 0) is 6.42 Å². The van der Waals surface area contributed by atoms with E-state index < -0.39 is 0 Å². The molecule has 0 atom stereocenters. The smallest absolute Gasteiger partial charge is 0.145 e. The van der Waals surface area contributed by atoms with Crippen molar-refractivity contribution >= 4 is 17.4 Å². The number of hydrogen-bond donors (Lipinski definition) is 1. The highest BCUT2D eigenvalue weighted by molar-refractivity contribution is 6.33. The molecule has 0 saturated heterocycles. The first-order valence-electron chi connectivity index (χ1n) is 4.42. The number of aromatic nitrogens is 3. The molecule has 5 heteroatoms. The Bertz CT molecular complexity index is 458. The minimum Gasteiger partial charge on any atom is -0.382 e. The molecule has 2 heterocycles. The summed E-state index contributed by atoms with van der Waals surface area (Å²) in [5, 5.41) is 0.406. The highest BCUT2D eigenvalue weighted by Crippen LogP contribution is 2.20. The number of pyridine rings is 1. The quantitative estimate of drug-likeness (QED) is 0.837. The molecule has 2 aromatic heterocycles. The van der Waals surface area contributed by atoms with Gasteiger partial charge in [-0.1, -0.05) is 17.7 Å². The Morgan fingerprint density at radius 3 is 2.80 bits per heavy atom. The highest BCUT2D eigenvalue weighted by Gasteiger charge is 2.07. The Labute approximate surface area is 92.2 Å². The van der Waals surface area contributed by atoms with Crippen molar-refractivity contribution in [2.24, 2.45) is 0 Å². The topological polar surface area (TPSA) is 64.7 Å². The van der Waals surface area contributed by atoms with E-state index in [0.29, 0.717) is 23.0 Å². The third-order valence-corrected chi connectivity index (χ3v) is 2.38. The monoisotopic (exact) mass is 220 g/mol. The van der Waals surface area contributed by atoms with Gasteiger partial charge in [0.2, 0.25) is 0 Å². The van der Waals surface area contributed by atoms with Gasteiger partial charge in [-0.05, 0) is 12.1 Å². The summed E-state index contributed by atoms with van der Waals surface area (Å²) in [7, 11) is 0. The molecule has 15 heavy (non-hydrogen) atoms. The molecule has 4 nitrogen and oxygen atoms in total. The summed E-state index contributed by atoms with van der Waals surface area (Å²) >= 11 is 5.97. The van der Waals surface area contributed by atoms with Gasteiger partial charge in [-0.3, -0.25) is 4.98 Å². The van der Waals surface area contributed by atoms with Crippen LogP contribution in [-0.4, -0.2) is 15.0 Å². The first kappa shape index (κ1) is 9.86. The zero-order valence-corrected chi connectivity index (χ0v) is 8.65. The Morgan fingerprint density at radius 2 is 2.07 bits per heavy atom. The third kappa shape index (κ3) is 2.22. The van der Waals surface area contributed by atoms with Crippen molar-refractivity contribution in [3.05, 3.63) is 47.1 Å². The van der Waals surface area contributed by atoms with Crippen LogP contribution in [0.3, 0.4) is 0 Å². The Morgan fingerprint density at radius 1 is 1.20 bits per heavy atom. The average molecular weight is 221 g/mol. The van der Waals surface area contributed by atoms with E-state index in [1.54, 1.807) is 6.20 Å². The van der Waals surface area contributed by atoms with Crippen LogP contribution in [0.4, 0.5) is 5.82 Å². The molecule has 0 fully saturated rings. The van der Waals surface area contributed by atoms with E-state index in [2.05, 4.69) is 15.0 Å². The standard InChI is InChI=1S/C10H9ClN4/c11-9-8(14-6-15-10(9)12)5-7-3-1-2-4-13-7/h1-4,6H,5H2,(H2,12,14,15). The number of hydrogen-bond acceptors (Lipinski definition) is 4. The second-order valence-electron chi connectivity index (χ2n) is 3.02. The highest BCUT2D eigenvalue weighted by atomic mass is 35.5. The fourth-order valence-corrected chi connectivity index (χ4v) is 1.38. The molecule has 2 aromatic rings. The van der Waals surface area contributed by atoms with Crippen LogP contribution in [0.15, 0.2) is 30.7 Å². The summed E-state index contributed by atoms with van der Waals surface area (Å²) in [6.45, 7) is 0. The van der Waals surface area contributed by atoms with E-state index in [1.807, 2.05) is 18.2 Å². The zero-order valence-electron chi connectivity index (χ0n) is 7.89. The van der Waals surface area contributed by atoms with Gasteiger partial charge in [-0.2, -0.15) is 0 Å². The molecule has 0 aliphatic carbocycles. The van der Waals surface area contributed by atoms with Crippen molar-refractivity contribution in [2.45, 2.75) is 6.42 Å². The summed E-state index contributed by atoms with van der Waals surface area (Å²) in [4.78, 5) is 12.1. The first-order chi connectivity index (χ1) is 7.27. The molecular formula is C10H9ClN4. The Kier molecular flexibility index (Phi) is 2.78. The molecule has 0 aliphatic heterocycles. The molecular weight excluding hydrogens is 212 g/mol. The zero-order chi connectivity index (χ0) is 10.7. The maximum Gasteiger partial charge on any atom is 0.145 e. The molecule has 0 aliphatic rings. The van der Waals surface area contributed by atoms with Crippen molar-refractivity contribution in [1.82, 2.24) is 15.0 Å². The lowest BCUT2D eigenvalue weighted by Gasteiger charge is -2.03. The summed E-state index contributed by atoms with van der Waals surface area (Å²) in [6.07, 6.45) is 3.69. The van der Waals surface area contributed by atoms with Crippen molar-refractivity contribution in [3.8, 4) is 0 Å². The van der Waals surface area contributed by atoms with Gasteiger partial charge >= 0.3 is 0 Å². The van der Waals surface area contributed by atoms with E-state index in [4.69, 9.17) is 17.3 Å². The van der Waals surface area contributed by atoms with E-state index in [-0.39, 0.29) is 0 Å². The molecule has 0 saturated carbocycles. The fraction of sp³-hybridized carbons (Fsp3) is 0.100. The van der Waals surface area contributed by atoms with Crippen LogP contribution < -0.4 is 5.73 Å². The lowest BCUT2D eigenvalue weighted by Crippen LogP contribution is -2.00. The van der Waals surface area contributed by atoms with Gasteiger partial charge in [0.05, 0.1) is 5.69 Å². The van der Waals surface area contributed by atoms with Crippen LogP contribution in [0.2, 0.25) is 5.02 Å².